The van der Waals surface area contributed by atoms with Crippen LogP contribution < -0.4 is 5.32 Å². The zero-order valence-electron chi connectivity index (χ0n) is 10.5. The van der Waals surface area contributed by atoms with Gasteiger partial charge in [0.1, 0.15) is 0 Å². The topological polar surface area (TPSA) is 32.3 Å². The number of hydrogen-bond acceptors (Lipinski definition) is 3. The fourth-order valence-corrected chi connectivity index (χ4v) is 1.38. The Kier molecular flexibility index (Phi) is 7.88. The highest BCUT2D eigenvalue weighted by molar-refractivity contribution is 7.99. The van der Waals surface area contributed by atoms with E-state index in [1.807, 2.05) is 32.7 Å². The summed E-state index contributed by atoms with van der Waals surface area (Å²) in [6, 6.07) is 0.282. The lowest BCUT2D eigenvalue weighted by Crippen LogP contribution is -2.39. The van der Waals surface area contributed by atoms with Crippen molar-refractivity contribution in [3.63, 3.8) is 0 Å². The smallest absolute Gasteiger partial charge is 0.236 e. The number of amides is 1. The van der Waals surface area contributed by atoms with Crippen LogP contribution in [0.15, 0.2) is 0 Å². The zero-order valence-corrected chi connectivity index (χ0v) is 11.4. The molecule has 0 aromatic heterocycles. The molecule has 15 heavy (non-hydrogen) atoms. The van der Waals surface area contributed by atoms with Gasteiger partial charge < -0.3 is 10.2 Å². The maximum absolute atomic E-state index is 11.6. The third-order valence-electron chi connectivity index (χ3n) is 2.57. The Hall–Kier alpha value is -0.220. The minimum atomic E-state index is 0.168. The van der Waals surface area contributed by atoms with Gasteiger partial charge >= 0.3 is 0 Å². The van der Waals surface area contributed by atoms with E-state index in [2.05, 4.69) is 18.5 Å². The van der Waals surface area contributed by atoms with E-state index in [1.165, 1.54) is 0 Å². The molecule has 0 saturated carbocycles. The van der Waals surface area contributed by atoms with E-state index in [0.717, 1.165) is 13.0 Å². The minimum absolute atomic E-state index is 0.168. The molecule has 0 rings (SSSR count). The van der Waals surface area contributed by atoms with Crippen molar-refractivity contribution in [2.24, 2.45) is 0 Å². The van der Waals surface area contributed by atoms with Crippen LogP contribution in [0.5, 0.6) is 0 Å². The fraction of sp³-hybridized carbons (Fsp3) is 0.909. The summed E-state index contributed by atoms with van der Waals surface area (Å²) in [5.41, 5.74) is 0. The molecule has 0 aliphatic carbocycles. The monoisotopic (exact) mass is 232 g/mol. The quantitative estimate of drug-likeness (QED) is 0.677. The third kappa shape index (κ3) is 6.79. The first-order chi connectivity index (χ1) is 6.99. The summed E-state index contributed by atoms with van der Waals surface area (Å²) in [5, 5.41) is 3.84. The average Bonchev–Trinajstić information content (AvgIpc) is 2.22. The number of rotatable bonds is 7. The van der Waals surface area contributed by atoms with Crippen molar-refractivity contribution in [3.8, 4) is 0 Å². The Bertz CT molecular complexity index is 185. The molecule has 1 atom stereocenters. The van der Waals surface area contributed by atoms with Crippen molar-refractivity contribution in [1.82, 2.24) is 10.2 Å². The van der Waals surface area contributed by atoms with Gasteiger partial charge in [-0.25, -0.2) is 0 Å². The lowest BCUT2D eigenvalue weighted by Gasteiger charge is -2.21. The van der Waals surface area contributed by atoms with Crippen molar-refractivity contribution in [1.29, 1.82) is 0 Å². The summed E-state index contributed by atoms with van der Waals surface area (Å²) in [6.45, 7) is 7.62. The average molecular weight is 232 g/mol. The van der Waals surface area contributed by atoms with Crippen LogP contribution >= 0.6 is 11.8 Å². The highest BCUT2D eigenvalue weighted by atomic mass is 32.2. The SMILES string of the molecule is CSC(C)CCNCC(=O)N(C)C(C)C. The molecule has 0 bridgehead atoms. The van der Waals surface area contributed by atoms with Crippen molar-refractivity contribution < 1.29 is 4.79 Å². The first kappa shape index (κ1) is 14.8. The molecule has 0 fully saturated rings. The van der Waals surface area contributed by atoms with E-state index < -0.39 is 0 Å². The normalized spacial score (nSPS) is 12.9. The van der Waals surface area contributed by atoms with Gasteiger partial charge in [0.25, 0.3) is 0 Å². The van der Waals surface area contributed by atoms with Gasteiger partial charge in [-0.2, -0.15) is 11.8 Å². The van der Waals surface area contributed by atoms with E-state index in [9.17, 15) is 4.79 Å². The first-order valence-corrected chi connectivity index (χ1v) is 6.77. The lowest BCUT2D eigenvalue weighted by molar-refractivity contribution is -0.130. The van der Waals surface area contributed by atoms with Gasteiger partial charge in [0.15, 0.2) is 0 Å². The van der Waals surface area contributed by atoms with Crippen LogP contribution in [0.1, 0.15) is 27.2 Å². The van der Waals surface area contributed by atoms with E-state index in [1.54, 1.807) is 4.90 Å². The number of nitrogens with zero attached hydrogens (tertiary/aromatic N) is 1. The molecule has 1 N–H and O–H groups in total. The van der Waals surface area contributed by atoms with Crippen molar-refractivity contribution in [2.75, 3.05) is 26.4 Å². The summed E-state index contributed by atoms with van der Waals surface area (Å²) in [4.78, 5) is 13.3. The fourth-order valence-electron chi connectivity index (χ4n) is 1.03. The maximum Gasteiger partial charge on any atom is 0.236 e. The largest absolute Gasteiger partial charge is 0.342 e. The first-order valence-electron chi connectivity index (χ1n) is 5.48. The predicted octanol–water partition coefficient (Wildman–Crippen LogP) is 1.58. The second kappa shape index (κ2) is 7.99. The van der Waals surface area contributed by atoms with E-state index in [4.69, 9.17) is 0 Å². The number of hydrogen-bond donors (Lipinski definition) is 1. The van der Waals surface area contributed by atoms with Crippen molar-refractivity contribution in [2.45, 2.75) is 38.5 Å². The van der Waals surface area contributed by atoms with Gasteiger partial charge in [0.2, 0.25) is 5.91 Å². The molecule has 1 amide bonds. The van der Waals surface area contributed by atoms with Crippen LogP contribution in [0.3, 0.4) is 0 Å². The number of thioether (sulfide) groups is 1. The molecule has 0 radical (unpaired) electrons. The second-order valence-corrected chi connectivity index (χ2v) is 5.39. The van der Waals surface area contributed by atoms with Crippen molar-refractivity contribution >= 4 is 17.7 Å². The molecule has 0 aliphatic rings. The summed E-state index contributed by atoms with van der Waals surface area (Å²) < 4.78 is 0. The van der Waals surface area contributed by atoms with E-state index >= 15 is 0 Å². The zero-order chi connectivity index (χ0) is 11.8. The highest BCUT2D eigenvalue weighted by Crippen LogP contribution is 2.07. The Labute approximate surface area is 98.0 Å². The number of nitrogens with one attached hydrogen (secondary N) is 1. The molecule has 0 aliphatic heterocycles. The van der Waals surface area contributed by atoms with Gasteiger partial charge in [-0.05, 0) is 33.1 Å². The minimum Gasteiger partial charge on any atom is -0.342 e. The molecular weight excluding hydrogens is 208 g/mol. The van der Waals surface area contributed by atoms with Crippen LogP contribution in [-0.4, -0.2) is 48.5 Å². The van der Waals surface area contributed by atoms with Gasteiger partial charge in [-0.3, -0.25) is 4.79 Å². The molecule has 1 unspecified atom stereocenters. The third-order valence-corrected chi connectivity index (χ3v) is 3.61. The van der Waals surface area contributed by atoms with Crippen LogP contribution in [0.25, 0.3) is 0 Å². The van der Waals surface area contributed by atoms with Crippen LogP contribution in [0.4, 0.5) is 0 Å². The van der Waals surface area contributed by atoms with E-state index in [-0.39, 0.29) is 11.9 Å². The summed E-state index contributed by atoms with van der Waals surface area (Å²) in [6.07, 6.45) is 3.22. The number of carbonyl (C=O) groups excluding carboxylic acids is 1. The molecule has 0 saturated heterocycles. The van der Waals surface area contributed by atoms with Gasteiger partial charge in [0, 0.05) is 18.3 Å². The molecule has 0 aromatic rings. The predicted molar refractivity (Wildman–Crippen MR) is 68.4 cm³/mol. The second-order valence-electron chi connectivity index (χ2n) is 4.11. The molecule has 90 valence electrons. The molecule has 0 aromatic carbocycles. The van der Waals surface area contributed by atoms with Gasteiger partial charge in [-0.15, -0.1) is 0 Å². The molecule has 0 spiro atoms. The molecular formula is C11H24N2OS. The Morgan fingerprint density at radius 1 is 1.40 bits per heavy atom. The van der Waals surface area contributed by atoms with E-state index in [0.29, 0.717) is 11.8 Å². The molecule has 0 heterocycles. The summed E-state index contributed by atoms with van der Waals surface area (Å²) in [5.74, 6) is 0.168. The van der Waals surface area contributed by atoms with Crippen LogP contribution in [-0.2, 0) is 4.79 Å². The van der Waals surface area contributed by atoms with Gasteiger partial charge in [-0.1, -0.05) is 6.92 Å². The lowest BCUT2D eigenvalue weighted by atomic mass is 10.3. The highest BCUT2D eigenvalue weighted by Gasteiger charge is 2.10. The summed E-state index contributed by atoms with van der Waals surface area (Å²) >= 11 is 1.86. The summed E-state index contributed by atoms with van der Waals surface area (Å²) in [7, 11) is 1.85. The van der Waals surface area contributed by atoms with Gasteiger partial charge in [0.05, 0.1) is 6.54 Å². The number of carbonyl (C=O) groups is 1. The molecule has 4 heteroatoms. The standard InChI is InChI=1S/C11H24N2OS/c1-9(2)13(4)11(14)8-12-7-6-10(3)15-5/h9-10,12H,6-8H2,1-5H3. The van der Waals surface area contributed by atoms with Crippen molar-refractivity contribution in [3.05, 3.63) is 0 Å². The molecule has 3 nitrogen and oxygen atoms in total. The number of likely N-dealkylation sites (N-methyl/N-ethyl adjacent to an activating group) is 1. The Balaban J connectivity index is 3.55. The maximum atomic E-state index is 11.6. The Morgan fingerprint density at radius 2 is 2.00 bits per heavy atom. The van der Waals surface area contributed by atoms with Crippen LogP contribution in [0, 0.1) is 0 Å². The van der Waals surface area contributed by atoms with Crippen LogP contribution in [0.2, 0.25) is 0 Å². The Morgan fingerprint density at radius 3 is 2.47 bits per heavy atom.